The van der Waals surface area contributed by atoms with Crippen molar-refractivity contribution >= 4 is 33.1 Å². The highest BCUT2D eigenvalue weighted by atomic mass is 32.2. The highest BCUT2D eigenvalue weighted by Crippen LogP contribution is 2.33. The van der Waals surface area contributed by atoms with E-state index < -0.39 is 10.0 Å². The number of amides is 1. The molecule has 0 spiro atoms. The predicted octanol–water partition coefficient (Wildman–Crippen LogP) is 3.89. The summed E-state index contributed by atoms with van der Waals surface area (Å²) in [4.78, 5) is 14.7. The van der Waals surface area contributed by atoms with Crippen LogP contribution in [-0.2, 0) is 10.0 Å². The first-order valence-electron chi connectivity index (χ1n) is 8.85. The Balaban J connectivity index is 2.00. The number of carbonyl (C=O) groups is 1. The van der Waals surface area contributed by atoms with E-state index in [0.717, 1.165) is 23.2 Å². The largest absolute Gasteiger partial charge is 0.328 e. The van der Waals surface area contributed by atoms with E-state index >= 15 is 0 Å². The summed E-state index contributed by atoms with van der Waals surface area (Å²) in [5, 5.41) is 2.89. The molecule has 27 heavy (non-hydrogen) atoms. The van der Waals surface area contributed by atoms with Crippen molar-refractivity contribution in [1.29, 1.82) is 0 Å². The van der Waals surface area contributed by atoms with Gasteiger partial charge >= 0.3 is 0 Å². The first kappa shape index (κ1) is 19.1. The second kappa shape index (κ2) is 7.15. The first-order valence-corrected chi connectivity index (χ1v) is 10.3. The number of amidine groups is 1. The van der Waals surface area contributed by atoms with Gasteiger partial charge in [0.05, 0.1) is 5.69 Å². The van der Waals surface area contributed by atoms with Gasteiger partial charge in [-0.1, -0.05) is 25.1 Å². The summed E-state index contributed by atoms with van der Waals surface area (Å²) < 4.78 is 28.9. The van der Waals surface area contributed by atoms with Gasteiger partial charge in [-0.15, -0.1) is 4.40 Å². The molecule has 0 bridgehead atoms. The minimum Gasteiger partial charge on any atom is -0.328 e. The number of hydrogen-bond donors (Lipinski definition) is 1. The van der Waals surface area contributed by atoms with Crippen LogP contribution in [0, 0.1) is 13.8 Å². The molecule has 0 atom stereocenters. The number of hydrogen-bond acceptors (Lipinski definition) is 4. The number of nitrogens with zero attached hydrogens (tertiary/aromatic N) is 2. The van der Waals surface area contributed by atoms with Crippen molar-refractivity contribution in [1.82, 2.24) is 0 Å². The number of benzene rings is 2. The lowest BCUT2D eigenvalue weighted by atomic mass is 10.1. The van der Waals surface area contributed by atoms with Crippen molar-refractivity contribution in [3.8, 4) is 0 Å². The Morgan fingerprint density at radius 2 is 1.78 bits per heavy atom. The van der Waals surface area contributed by atoms with Gasteiger partial charge in [0.1, 0.15) is 10.7 Å². The topological polar surface area (TPSA) is 78.8 Å². The SMILES string of the molecule is CCCN1C(C)=NS(=O)(=O)c2cc(C(=O)Nc3c(C)cccc3C)ccc21. The number of anilines is 2. The van der Waals surface area contributed by atoms with Crippen LogP contribution in [0.2, 0.25) is 0 Å². The molecule has 3 rings (SSSR count). The molecule has 1 amide bonds. The molecule has 142 valence electrons. The Labute approximate surface area is 160 Å². The summed E-state index contributed by atoms with van der Waals surface area (Å²) in [7, 11) is -3.82. The van der Waals surface area contributed by atoms with Gasteiger partial charge in [-0.25, -0.2) is 0 Å². The van der Waals surface area contributed by atoms with Crippen molar-refractivity contribution in [2.75, 3.05) is 16.8 Å². The molecule has 0 unspecified atom stereocenters. The van der Waals surface area contributed by atoms with Crippen LogP contribution in [-0.4, -0.2) is 26.7 Å². The van der Waals surface area contributed by atoms with E-state index in [1.54, 1.807) is 19.1 Å². The van der Waals surface area contributed by atoms with Gasteiger partial charge in [0.25, 0.3) is 15.9 Å². The summed E-state index contributed by atoms with van der Waals surface area (Å²) in [5.74, 6) is 0.0933. The molecule has 0 aromatic heterocycles. The van der Waals surface area contributed by atoms with Crippen LogP contribution in [0.3, 0.4) is 0 Å². The van der Waals surface area contributed by atoms with Gasteiger partial charge in [0.2, 0.25) is 0 Å². The monoisotopic (exact) mass is 385 g/mol. The quantitative estimate of drug-likeness (QED) is 0.866. The van der Waals surface area contributed by atoms with Crippen LogP contribution in [0.15, 0.2) is 45.7 Å². The third kappa shape index (κ3) is 3.60. The van der Waals surface area contributed by atoms with Crippen LogP contribution < -0.4 is 10.2 Å². The molecular weight excluding hydrogens is 362 g/mol. The average molecular weight is 385 g/mol. The smallest absolute Gasteiger partial charge is 0.286 e. The standard InChI is InChI=1S/C20H23N3O3S/c1-5-11-23-15(4)22-27(25,26)18-12-16(9-10-17(18)23)20(24)21-19-13(2)7-6-8-14(19)3/h6-10,12H,5,11H2,1-4H3,(H,21,24). The van der Waals surface area contributed by atoms with E-state index in [-0.39, 0.29) is 16.4 Å². The van der Waals surface area contributed by atoms with Crippen molar-refractivity contribution in [3.63, 3.8) is 0 Å². The molecule has 0 aliphatic carbocycles. The lowest BCUT2D eigenvalue weighted by molar-refractivity contribution is 0.102. The van der Waals surface area contributed by atoms with Crippen molar-refractivity contribution in [2.24, 2.45) is 4.40 Å². The lowest BCUT2D eigenvalue weighted by Gasteiger charge is -2.29. The van der Waals surface area contributed by atoms with Crippen LogP contribution in [0.25, 0.3) is 0 Å². The molecule has 0 radical (unpaired) electrons. The van der Waals surface area contributed by atoms with Gasteiger partial charge < -0.3 is 10.2 Å². The van der Waals surface area contributed by atoms with Crippen LogP contribution in [0.5, 0.6) is 0 Å². The van der Waals surface area contributed by atoms with Crippen molar-refractivity contribution < 1.29 is 13.2 Å². The van der Waals surface area contributed by atoms with Gasteiger partial charge in [-0.2, -0.15) is 8.42 Å². The minimum atomic E-state index is -3.82. The van der Waals surface area contributed by atoms with E-state index in [2.05, 4.69) is 9.71 Å². The number of carbonyl (C=O) groups excluding carboxylic acids is 1. The molecule has 0 fully saturated rings. The number of para-hydroxylation sites is 1. The Morgan fingerprint density at radius 3 is 2.41 bits per heavy atom. The molecule has 2 aromatic rings. The second-order valence-corrected chi connectivity index (χ2v) is 8.24. The van der Waals surface area contributed by atoms with E-state index in [1.165, 1.54) is 6.07 Å². The summed E-state index contributed by atoms with van der Waals surface area (Å²) in [6.45, 7) is 8.19. The molecule has 6 nitrogen and oxygen atoms in total. The molecule has 0 saturated carbocycles. The van der Waals surface area contributed by atoms with Gasteiger partial charge in [0.15, 0.2) is 0 Å². The fourth-order valence-electron chi connectivity index (χ4n) is 3.23. The fourth-order valence-corrected chi connectivity index (χ4v) is 4.50. The van der Waals surface area contributed by atoms with Gasteiger partial charge in [-0.3, -0.25) is 4.79 Å². The van der Waals surface area contributed by atoms with Crippen molar-refractivity contribution in [2.45, 2.75) is 39.0 Å². The van der Waals surface area contributed by atoms with Crippen LogP contribution in [0.4, 0.5) is 11.4 Å². The maximum atomic E-state index is 12.7. The van der Waals surface area contributed by atoms with Crippen LogP contribution in [0.1, 0.15) is 41.8 Å². The molecule has 7 heteroatoms. The zero-order valence-corrected chi connectivity index (χ0v) is 16.7. The molecular formula is C20H23N3O3S. The highest BCUT2D eigenvalue weighted by molar-refractivity contribution is 7.90. The molecule has 2 aromatic carbocycles. The molecule has 1 N–H and O–H groups in total. The number of rotatable bonds is 4. The van der Waals surface area contributed by atoms with E-state index in [9.17, 15) is 13.2 Å². The van der Waals surface area contributed by atoms with Crippen LogP contribution >= 0.6 is 0 Å². The molecule has 1 aliphatic rings. The summed E-state index contributed by atoms with van der Waals surface area (Å²) in [6, 6.07) is 10.5. The summed E-state index contributed by atoms with van der Waals surface area (Å²) in [6.07, 6.45) is 0.848. The predicted molar refractivity (Wildman–Crippen MR) is 108 cm³/mol. The minimum absolute atomic E-state index is 0.0655. The zero-order valence-electron chi connectivity index (χ0n) is 15.9. The zero-order chi connectivity index (χ0) is 19.8. The normalized spacial score (nSPS) is 15.1. The maximum Gasteiger partial charge on any atom is 0.286 e. The van der Waals surface area contributed by atoms with Crippen molar-refractivity contribution in [3.05, 3.63) is 53.1 Å². The Morgan fingerprint density at radius 1 is 1.11 bits per heavy atom. The van der Waals surface area contributed by atoms with Gasteiger partial charge in [0, 0.05) is 17.8 Å². The highest BCUT2D eigenvalue weighted by Gasteiger charge is 2.29. The molecule has 1 heterocycles. The third-order valence-corrected chi connectivity index (χ3v) is 5.99. The van der Waals surface area contributed by atoms with Gasteiger partial charge in [-0.05, 0) is 56.5 Å². The molecule has 1 aliphatic heterocycles. The Bertz CT molecular complexity index is 1020. The second-order valence-electron chi connectivity index (χ2n) is 6.67. The Hall–Kier alpha value is -2.67. The first-order chi connectivity index (χ1) is 12.7. The maximum absolute atomic E-state index is 12.7. The number of nitrogens with one attached hydrogen (secondary N) is 1. The summed E-state index contributed by atoms with van der Waals surface area (Å²) in [5.41, 5.74) is 3.48. The lowest BCUT2D eigenvalue weighted by Crippen LogP contribution is -2.34. The van der Waals surface area contributed by atoms with E-state index in [1.807, 2.05) is 43.9 Å². The average Bonchev–Trinajstić information content (AvgIpc) is 2.61. The molecule has 0 saturated heterocycles. The van der Waals surface area contributed by atoms with E-state index in [0.29, 0.717) is 18.1 Å². The fraction of sp³-hybridized carbons (Fsp3) is 0.300. The summed E-state index contributed by atoms with van der Waals surface area (Å²) >= 11 is 0. The third-order valence-electron chi connectivity index (χ3n) is 4.60. The number of fused-ring (bicyclic) bond motifs is 1. The number of aryl methyl sites for hydroxylation is 2. The Kier molecular flexibility index (Phi) is 5.06. The number of sulfonamides is 1. The van der Waals surface area contributed by atoms with E-state index in [4.69, 9.17) is 0 Å².